The quantitative estimate of drug-likeness (QED) is 0.667. The predicted molar refractivity (Wildman–Crippen MR) is 72.9 cm³/mol. The molecule has 0 aliphatic heterocycles. The van der Waals surface area contributed by atoms with Gasteiger partial charge >= 0.3 is 0 Å². The van der Waals surface area contributed by atoms with Crippen molar-refractivity contribution < 1.29 is 5.11 Å². The van der Waals surface area contributed by atoms with Gasteiger partial charge in [-0.15, -0.1) is 0 Å². The summed E-state index contributed by atoms with van der Waals surface area (Å²) in [6.45, 7) is 6.82. The zero-order chi connectivity index (χ0) is 12.5. The van der Waals surface area contributed by atoms with Crippen LogP contribution in [-0.4, -0.2) is 10.7 Å². The Morgan fingerprint density at radius 3 is 2.53 bits per heavy atom. The summed E-state index contributed by atoms with van der Waals surface area (Å²) in [4.78, 5) is 0. The first kappa shape index (κ1) is 13.1. The molecule has 2 atom stereocenters. The van der Waals surface area contributed by atoms with Crippen LogP contribution in [-0.2, 0) is 0 Å². The molecule has 2 aliphatic carbocycles. The maximum Gasteiger partial charge on any atom is 0.0887 e. The second-order valence-electron chi connectivity index (χ2n) is 7.05. The average Bonchev–Trinajstić information content (AvgIpc) is 2.34. The Labute approximate surface area is 106 Å². The van der Waals surface area contributed by atoms with Crippen LogP contribution in [0.3, 0.4) is 0 Å². The molecule has 0 spiro atoms. The smallest absolute Gasteiger partial charge is 0.0887 e. The first-order chi connectivity index (χ1) is 7.94. The number of hydrogen-bond donors (Lipinski definition) is 1. The topological polar surface area (TPSA) is 20.2 Å². The van der Waals surface area contributed by atoms with Crippen LogP contribution >= 0.6 is 0 Å². The van der Waals surface area contributed by atoms with Gasteiger partial charge in [-0.3, -0.25) is 0 Å². The molecule has 2 rings (SSSR count). The van der Waals surface area contributed by atoms with E-state index in [0.29, 0.717) is 11.3 Å². The SMILES string of the molecule is CC1CC(C)(C)CC1(O)C1=CCCCCCC1. The molecule has 2 aliphatic rings. The Hall–Kier alpha value is -0.300. The molecule has 0 bridgehead atoms. The molecule has 1 saturated carbocycles. The van der Waals surface area contributed by atoms with E-state index in [-0.39, 0.29) is 0 Å². The molecule has 1 N–H and O–H groups in total. The summed E-state index contributed by atoms with van der Waals surface area (Å²) in [5.41, 5.74) is 1.16. The van der Waals surface area contributed by atoms with E-state index >= 15 is 0 Å². The molecule has 98 valence electrons. The number of rotatable bonds is 1. The van der Waals surface area contributed by atoms with Crippen LogP contribution in [0.15, 0.2) is 11.6 Å². The lowest BCUT2D eigenvalue weighted by Gasteiger charge is -2.32. The Kier molecular flexibility index (Phi) is 3.68. The molecule has 1 fully saturated rings. The molecule has 17 heavy (non-hydrogen) atoms. The van der Waals surface area contributed by atoms with Gasteiger partial charge in [-0.05, 0) is 55.4 Å². The van der Waals surface area contributed by atoms with Gasteiger partial charge in [0, 0.05) is 0 Å². The van der Waals surface area contributed by atoms with Crippen molar-refractivity contribution in [3.05, 3.63) is 11.6 Å². The monoisotopic (exact) mass is 236 g/mol. The van der Waals surface area contributed by atoms with Gasteiger partial charge < -0.3 is 5.11 Å². The minimum absolute atomic E-state index is 0.303. The molecule has 0 radical (unpaired) electrons. The third-order valence-electron chi connectivity index (χ3n) is 4.77. The summed E-state index contributed by atoms with van der Waals surface area (Å²) in [5.74, 6) is 0.420. The lowest BCUT2D eigenvalue weighted by atomic mass is 9.79. The molecule has 0 aromatic carbocycles. The highest BCUT2D eigenvalue weighted by molar-refractivity contribution is 5.22. The second-order valence-corrected chi connectivity index (χ2v) is 7.05. The second kappa shape index (κ2) is 4.76. The van der Waals surface area contributed by atoms with Gasteiger partial charge in [0.05, 0.1) is 5.60 Å². The lowest BCUT2D eigenvalue weighted by molar-refractivity contribution is 0.0366. The Balaban J connectivity index is 2.19. The fraction of sp³-hybridized carbons (Fsp3) is 0.875. The molecule has 0 aromatic rings. The fourth-order valence-electron chi connectivity index (χ4n) is 3.99. The molecule has 0 saturated heterocycles. The highest BCUT2D eigenvalue weighted by Crippen LogP contribution is 2.51. The molecular formula is C16H28O. The zero-order valence-electron chi connectivity index (χ0n) is 11.8. The number of allylic oxidation sites excluding steroid dienone is 1. The molecular weight excluding hydrogens is 208 g/mol. The van der Waals surface area contributed by atoms with E-state index in [1.807, 2.05) is 0 Å². The normalized spacial score (nSPS) is 38.4. The Morgan fingerprint density at radius 2 is 1.88 bits per heavy atom. The summed E-state index contributed by atoms with van der Waals surface area (Å²) in [6, 6.07) is 0. The van der Waals surface area contributed by atoms with Crippen molar-refractivity contribution in [3.8, 4) is 0 Å². The zero-order valence-corrected chi connectivity index (χ0v) is 11.8. The van der Waals surface area contributed by atoms with Crippen molar-refractivity contribution in [3.63, 3.8) is 0 Å². The van der Waals surface area contributed by atoms with Crippen molar-refractivity contribution in [2.75, 3.05) is 0 Å². The van der Waals surface area contributed by atoms with Gasteiger partial charge in [0.25, 0.3) is 0 Å². The van der Waals surface area contributed by atoms with Gasteiger partial charge in [0.1, 0.15) is 0 Å². The number of hydrogen-bond acceptors (Lipinski definition) is 1. The highest BCUT2D eigenvalue weighted by atomic mass is 16.3. The van der Waals surface area contributed by atoms with Crippen molar-refractivity contribution in [2.45, 2.75) is 77.7 Å². The summed E-state index contributed by atoms with van der Waals surface area (Å²) < 4.78 is 0. The van der Waals surface area contributed by atoms with Gasteiger partial charge in [-0.2, -0.15) is 0 Å². The van der Waals surface area contributed by atoms with Crippen LogP contribution in [0.25, 0.3) is 0 Å². The van der Waals surface area contributed by atoms with E-state index in [1.165, 1.54) is 37.7 Å². The number of aliphatic hydroxyl groups is 1. The van der Waals surface area contributed by atoms with Gasteiger partial charge in [0.2, 0.25) is 0 Å². The predicted octanol–water partition coefficient (Wildman–Crippen LogP) is 4.45. The van der Waals surface area contributed by atoms with Gasteiger partial charge in [-0.1, -0.05) is 39.7 Å². The van der Waals surface area contributed by atoms with Crippen LogP contribution in [0.4, 0.5) is 0 Å². The summed E-state index contributed by atoms with van der Waals surface area (Å²) in [5, 5.41) is 11.1. The van der Waals surface area contributed by atoms with E-state index < -0.39 is 5.60 Å². The summed E-state index contributed by atoms with van der Waals surface area (Å²) in [6.07, 6.45) is 12.0. The van der Waals surface area contributed by atoms with Crippen LogP contribution < -0.4 is 0 Å². The largest absolute Gasteiger partial charge is 0.385 e. The van der Waals surface area contributed by atoms with Crippen molar-refractivity contribution in [1.29, 1.82) is 0 Å². The maximum absolute atomic E-state index is 11.1. The van der Waals surface area contributed by atoms with Crippen LogP contribution in [0.1, 0.15) is 72.1 Å². The first-order valence-corrected chi connectivity index (χ1v) is 7.36. The Morgan fingerprint density at radius 1 is 1.18 bits per heavy atom. The van der Waals surface area contributed by atoms with Crippen molar-refractivity contribution >= 4 is 0 Å². The van der Waals surface area contributed by atoms with E-state index in [9.17, 15) is 5.11 Å². The van der Waals surface area contributed by atoms with Crippen LogP contribution in [0, 0.1) is 11.3 Å². The van der Waals surface area contributed by atoms with Gasteiger partial charge in [0.15, 0.2) is 0 Å². The molecule has 0 amide bonds. The standard InChI is InChI=1S/C16H28O/c1-13-11-15(2,3)12-16(13,17)14-9-7-5-4-6-8-10-14/h9,13,17H,4-8,10-12H2,1-3H3. The van der Waals surface area contributed by atoms with E-state index in [1.54, 1.807) is 0 Å². The average molecular weight is 236 g/mol. The third kappa shape index (κ3) is 2.76. The third-order valence-corrected chi connectivity index (χ3v) is 4.77. The van der Waals surface area contributed by atoms with Crippen LogP contribution in [0.5, 0.6) is 0 Å². The van der Waals surface area contributed by atoms with Crippen molar-refractivity contribution in [1.82, 2.24) is 0 Å². The minimum Gasteiger partial charge on any atom is -0.385 e. The molecule has 2 unspecified atom stereocenters. The highest BCUT2D eigenvalue weighted by Gasteiger charge is 2.49. The summed E-state index contributed by atoms with van der Waals surface area (Å²) in [7, 11) is 0. The minimum atomic E-state index is -0.499. The van der Waals surface area contributed by atoms with E-state index in [0.717, 1.165) is 19.3 Å². The molecule has 1 nitrogen and oxygen atoms in total. The first-order valence-electron chi connectivity index (χ1n) is 7.36. The van der Waals surface area contributed by atoms with Crippen molar-refractivity contribution in [2.24, 2.45) is 11.3 Å². The Bertz CT molecular complexity index is 303. The lowest BCUT2D eigenvalue weighted by Crippen LogP contribution is -2.35. The molecule has 0 aromatic heterocycles. The van der Waals surface area contributed by atoms with E-state index in [4.69, 9.17) is 0 Å². The molecule has 1 heteroatoms. The summed E-state index contributed by atoms with van der Waals surface area (Å²) >= 11 is 0. The molecule has 0 heterocycles. The fourth-order valence-corrected chi connectivity index (χ4v) is 3.99. The van der Waals surface area contributed by atoms with Gasteiger partial charge in [-0.25, -0.2) is 0 Å². The van der Waals surface area contributed by atoms with E-state index in [2.05, 4.69) is 26.8 Å². The van der Waals surface area contributed by atoms with Crippen LogP contribution in [0.2, 0.25) is 0 Å². The maximum atomic E-state index is 11.1.